The van der Waals surface area contributed by atoms with Gasteiger partial charge in [0.2, 0.25) is 0 Å². The van der Waals surface area contributed by atoms with Crippen LogP contribution in [0.2, 0.25) is 0 Å². The Bertz CT molecular complexity index is 556. The molecule has 0 bridgehead atoms. The van der Waals surface area contributed by atoms with Gasteiger partial charge in [-0.15, -0.1) is 6.58 Å². The molecule has 7 nitrogen and oxygen atoms in total. The van der Waals surface area contributed by atoms with Crippen LogP contribution in [0.1, 0.15) is 24.4 Å². The minimum atomic E-state index is 0.252. The van der Waals surface area contributed by atoms with Crippen molar-refractivity contribution in [3.8, 4) is 0 Å². The Kier molecular flexibility index (Phi) is 7.46. The summed E-state index contributed by atoms with van der Waals surface area (Å²) in [6, 6.07) is 0.727. The standard InChI is InChI=1S/C18H33N7/c1-6-9-25-10-7-16(8-11-25)22-18(19-2)20-13-17(23(3)4)15-12-21-24(5)14-15/h6,12,14,16-17H,1,7-11,13H2,2-5H3,(H2,19,20,22). The third kappa shape index (κ3) is 5.86. The number of nitrogens with zero attached hydrogens (tertiary/aromatic N) is 5. The number of guanidine groups is 1. The highest BCUT2D eigenvalue weighted by molar-refractivity contribution is 5.80. The Labute approximate surface area is 151 Å². The van der Waals surface area contributed by atoms with E-state index >= 15 is 0 Å². The normalized spacial score (nSPS) is 18.4. The molecule has 0 aromatic carbocycles. The molecule has 0 saturated carbocycles. The molecule has 0 amide bonds. The van der Waals surface area contributed by atoms with Crippen LogP contribution >= 0.6 is 0 Å². The second-order valence-corrected chi connectivity index (χ2v) is 6.89. The maximum Gasteiger partial charge on any atom is 0.191 e. The number of hydrogen-bond acceptors (Lipinski definition) is 4. The molecule has 140 valence electrons. The molecule has 0 aliphatic carbocycles. The molecule has 1 fully saturated rings. The lowest BCUT2D eigenvalue weighted by molar-refractivity contribution is 0.224. The average molecular weight is 348 g/mol. The van der Waals surface area contributed by atoms with Crippen LogP contribution in [-0.4, -0.2) is 78.9 Å². The molecule has 25 heavy (non-hydrogen) atoms. The zero-order chi connectivity index (χ0) is 18.2. The lowest BCUT2D eigenvalue weighted by Crippen LogP contribution is -2.49. The van der Waals surface area contributed by atoms with Crippen molar-refractivity contribution < 1.29 is 0 Å². The monoisotopic (exact) mass is 347 g/mol. The van der Waals surface area contributed by atoms with Gasteiger partial charge in [-0.25, -0.2) is 0 Å². The molecule has 2 heterocycles. The maximum absolute atomic E-state index is 4.39. The number of aliphatic imine (C=N–C) groups is 1. The molecule has 1 aromatic rings. The fourth-order valence-electron chi connectivity index (χ4n) is 3.23. The van der Waals surface area contributed by atoms with Crippen molar-refractivity contribution in [2.45, 2.75) is 24.9 Å². The molecule has 1 saturated heterocycles. The second-order valence-electron chi connectivity index (χ2n) is 6.89. The van der Waals surface area contributed by atoms with E-state index in [0.29, 0.717) is 6.04 Å². The summed E-state index contributed by atoms with van der Waals surface area (Å²) in [6.07, 6.45) is 8.24. The number of hydrogen-bond donors (Lipinski definition) is 2. The average Bonchev–Trinajstić information content (AvgIpc) is 3.01. The van der Waals surface area contributed by atoms with E-state index < -0.39 is 0 Å². The highest BCUT2D eigenvalue weighted by atomic mass is 15.3. The predicted octanol–water partition coefficient (Wildman–Crippen LogP) is 0.838. The van der Waals surface area contributed by atoms with E-state index in [2.05, 4.69) is 57.4 Å². The molecule has 0 spiro atoms. The van der Waals surface area contributed by atoms with Crippen molar-refractivity contribution >= 4 is 5.96 Å². The Morgan fingerprint density at radius 3 is 2.72 bits per heavy atom. The summed E-state index contributed by atoms with van der Waals surface area (Å²) in [7, 11) is 7.95. The van der Waals surface area contributed by atoms with Crippen LogP contribution in [0.5, 0.6) is 0 Å². The number of likely N-dealkylation sites (N-methyl/N-ethyl adjacent to an activating group) is 1. The molecule has 1 aliphatic rings. The third-order valence-electron chi connectivity index (χ3n) is 4.74. The molecule has 1 unspecified atom stereocenters. The van der Waals surface area contributed by atoms with Crippen LogP contribution in [0.15, 0.2) is 30.0 Å². The number of likely N-dealkylation sites (tertiary alicyclic amines) is 1. The van der Waals surface area contributed by atoms with E-state index in [1.807, 2.05) is 31.1 Å². The third-order valence-corrected chi connectivity index (χ3v) is 4.74. The van der Waals surface area contributed by atoms with Gasteiger partial charge in [0.15, 0.2) is 5.96 Å². The first kappa shape index (κ1) is 19.5. The Morgan fingerprint density at radius 1 is 1.48 bits per heavy atom. The first-order valence-electron chi connectivity index (χ1n) is 8.99. The van der Waals surface area contributed by atoms with Gasteiger partial charge in [0.1, 0.15) is 0 Å². The number of piperidine rings is 1. The number of rotatable bonds is 7. The summed E-state index contributed by atoms with van der Waals surface area (Å²) in [5, 5.41) is 11.3. The van der Waals surface area contributed by atoms with Crippen molar-refractivity contribution in [2.75, 3.05) is 47.3 Å². The minimum absolute atomic E-state index is 0.252. The summed E-state index contributed by atoms with van der Waals surface area (Å²) in [4.78, 5) is 9.03. The minimum Gasteiger partial charge on any atom is -0.354 e. The molecule has 7 heteroatoms. The van der Waals surface area contributed by atoms with E-state index in [4.69, 9.17) is 0 Å². The Hall–Kier alpha value is -1.86. The molecule has 2 rings (SSSR count). The zero-order valence-corrected chi connectivity index (χ0v) is 16.1. The summed E-state index contributed by atoms with van der Waals surface area (Å²) < 4.78 is 1.84. The summed E-state index contributed by atoms with van der Waals surface area (Å²) in [5.74, 6) is 0.873. The van der Waals surface area contributed by atoms with E-state index in [1.165, 1.54) is 5.56 Å². The molecular formula is C18H33N7. The molecule has 1 aliphatic heterocycles. The van der Waals surface area contributed by atoms with Gasteiger partial charge in [-0.1, -0.05) is 6.08 Å². The Balaban J connectivity index is 1.84. The fraction of sp³-hybridized carbons (Fsp3) is 0.667. The van der Waals surface area contributed by atoms with Gasteiger partial charge in [-0.3, -0.25) is 14.6 Å². The van der Waals surface area contributed by atoms with Gasteiger partial charge in [0, 0.05) is 58.1 Å². The van der Waals surface area contributed by atoms with Crippen LogP contribution in [0.4, 0.5) is 0 Å². The SMILES string of the molecule is C=CCN1CCC(NC(=NC)NCC(c2cnn(C)c2)N(C)C)CC1. The fourth-order valence-corrected chi connectivity index (χ4v) is 3.23. The van der Waals surface area contributed by atoms with Gasteiger partial charge in [-0.05, 0) is 26.9 Å². The summed E-state index contributed by atoms with van der Waals surface area (Å²) in [6.45, 7) is 7.80. The molecule has 2 N–H and O–H groups in total. The van der Waals surface area contributed by atoms with Gasteiger partial charge in [0.05, 0.1) is 12.2 Å². The Morgan fingerprint density at radius 2 is 2.20 bits per heavy atom. The van der Waals surface area contributed by atoms with E-state index in [1.54, 1.807) is 0 Å². The molecular weight excluding hydrogens is 314 g/mol. The highest BCUT2D eigenvalue weighted by Gasteiger charge is 2.20. The summed E-state index contributed by atoms with van der Waals surface area (Å²) >= 11 is 0. The van der Waals surface area contributed by atoms with Crippen LogP contribution in [0, 0.1) is 0 Å². The first-order valence-corrected chi connectivity index (χ1v) is 8.99. The first-order chi connectivity index (χ1) is 12.0. The molecule has 0 radical (unpaired) electrons. The summed E-state index contributed by atoms with van der Waals surface area (Å²) in [5.41, 5.74) is 1.20. The lowest BCUT2D eigenvalue weighted by atomic mass is 10.1. The van der Waals surface area contributed by atoms with E-state index in [-0.39, 0.29) is 6.04 Å². The number of nitrogens with one attached hydrogen (secondary N) is 2. The van der Waals surface area contributed by atoms with Crippen LogP contribution in [0.3, 0.4) is 0 Å². The number of aryl methyl sites for hydroxylation is 1. The van der Waals surface area contributed by atoms with Gasteiger partial charge < -0.3 is 15.5 Å². The quantitative estimate of drug-likeness (QED) is 0.435. The smallest absolute Gasteiger partial charge is 0.191 e. The molecule has 1 aromatic heterocycles. The largest absolute Gasteiger partial charge is 0.354 e. The topological polar surface area (TPSA) is 60.7 Å². The highest BCUT2D eigenvalue weighted by Crippen LogP contribution is 2.16. The zero-order valence-electron chi connectivity index (χ0n) is 16.1. The maximum atomic E-state index is 4.39. The number of aromatic nitrogens is 2. The predicted molar refractivity (Wildman–Crippen MR) is 104 cm³/mol. The van der Waals surface area contributed by atoms with Crippen molar-refractivity contribution in [1.82, 2.24) is 30.2 Å². The van der Waals surface area contributed by atoms with E-state index in [9.17, 15) is 0 Å². The lowest BCUT2D eigenvalue weighted by Gasteiger charge is -2.32. The van der Waals surface area contributed by atoms with Crippen LogP contribution in [0.25, 0.3) is 0 Å². The van der Waals surface area contributed by atoms with Crippen molar-refractivity contribution in [3.05, 3.63) is 30.6 Å². The van der Waals surface area contributed by atoms with Crippen LogP contribution < -0.4 is 10.6 Å². The van der Waals surface area contributed by atoms with Gasteiger partial charge >= 0.3 is 0 Å². The van der Waals surface area contributed by atoms with Gasteiger partial charge in [-0.2, -0.15) is 5.10 Å². The van der Waals surface area contributed by atoms with E-state index in [0.717, 1.165) is 45.0 Å². The van der Waals surface area contributed by atoms with Crippen molar-refractivity contribution in [3.63, 3.8) is 0 Å². The second kappa shape index (κ2) is 9.58. The molecule has 1 atom stereocenters. The van der Waals surface area contributed by atoms with Crippen molar-refractivity contribution in [2.24, 2.45) is 12.0 Å². The van der Waals surface area contributed by atoms with Crippen molar-refractivity contribution in [1.29, 1.82) is 0 Å². The van der Waals surface area contributed by atoms with Crippen LogP contribution in [-0.2, 0) is 7.05 Å². The van der Waals surface area contributed by atoms with Gasteiger partial charge in [0.25, 0.3) is 0 Å².